The molecule has 146 valence electrons. The molecular formula is C23H27N3O2. The van der Waals surface area contributed by atoms with Crippen LogP contribution in [0, 0.1) is 12.8 Å². The van der Waals surface area contributed by atoms with Gasteiger partial charge in [0.15, 0.2) is 6.61 Å². The predicted molar refractivity (Wildman–Crippen MR) is 107 cm³/mol. The van der Waals surface area contributed by atoms with E-state index >= 15 is 0 Å². The third-order valence-electron chi connectivity index (χ3n) is 6.82. The Kier molecular flexibility index (Phi) is 4.55. The lowest BCUT2D eigenvalue weighted by Gasteiger charge is -2.51. The highest BCUT2D eigenvalue weighted by Gasteiger charge is 2.54. The Morgan fingerprint density at radius 3 is 2.64 bits per heavy atom. The van der Waals surface area contributed by atoms with Crippen LogP contribution in [0.2, 0.25) is 0 Å². The molecule has 4 aliphatic heterocycles. The summed E-state index contributed by atoms with van der Waals surface area (Å²) in [5.41, 5.74) is 2.64. The van der Waals surface area contributed by atoms with Crippen LogP contribution in [0.4, 0.5) is 0 Å². The normalized spacial score (nSPS) is 30.9. The number of hydrogen-bond acceptors (Lipinski definition) is 4. The van der Waals surface area contributed by atoms with Crippen LogP contribution in [-0.4, -0.2) is 59.0 Å². The molecule has 3 atom stereocenters. The van der Waals surface area contributed by atoms with Gasteiger partial charge in [-0.25, -0.2) is 0 Å². The first kappa shape index (κ1) is 17.7. The molecule has 2 aromatic rings. The van der Waals surface area contributed by atoms with Crippen LogP contribution in [0.5, 0.6) is 5.75 Å². The molecule has 4 saturated heterocycles. The lowest BCUT2D eigenvalue weighted by molar-refractivity contribution is -0.138. The number of aryl methyl sites for hydroxylation is 1. The molecule has 0 aliphatic carbocycles. The summed E-state index contributed by atoms with van der Waals surface area (Å²) in [7, 11) is 0. The summed E-state index contributed by atoms with van der Waals surface area (Å²) in [5, 5.41) is 0. The number of nitrogens with zero attached hydrogens (tertiary/aromatic N) is 3. The minimum atomic E-state index is 0.0856. The number of carbonyl (C=O) groups excluding carboxylic acids is 1. The van der Waals surface area contributed by atoms with E-state index in [0.29, 0.717) is 29.7 Å². The zero-order valence-electron chi connectivity index (χ0n) is 16.3. The molecule has 4 aliphatic rings. The first-order chi connectivity index (χ1) is 13.7. The van der Waals surface area contributed by atoms with Crippen molar-refractivity contribution in [3.05, 3.63) is 59.9 Å². The minimum absolute atomic E-state index is 0.0856. The van der Waals surface area contributed by atoms with Gasteiger partial charge in [-0.2, -0.15) is 0 Å². The molecule has 0 radical (unpaired) electrons. The molecule has 1 amide bonds. The quantitative estimate of drug-likeness (QED) is 0.822. The lowest BCUT2D eigenvalue weighted by Crippen LogP contribution is -2.61. The number of benzene rings is 1. The minimum Gasteiger partial charge on any atom is -0.482 e. The molecule has 1 aromatic heterocycles. The van der Waals surface area contributed by atoms with E-state index in [1.807, 2.05) is 12.1 Å². The summed E-state index contributed by atoms with van der Waals surface area (Å²) in [5.74, 6) is 1.75. The summed E-state index contributed by atoms with van der Waals surface area (Å²) in [6.45, 7) is 5.34. The van der Waals surface area contributed by atoms with E-state index < -0.39 is 0 Å². The Labute approximate surface area is 166 Å². The smallest absolute Gasteiger partial charge is 0.260 e. The van der Waals surface area contributed by atoms with Gasteiger partial charge in [0.2, 0.25) is 0 Å². The maximum atomic E-state index is 13.1. The fraction of sp³-hybridized carbons (Fsp3) is 0.478. The Morgan fingerprint density at radius 2 is 1.93 bits per heavy atom. The SMILES string of the molecule is Cc1ccc([C@@H]2CN(C(=O)COc3cccnc3)[C@@H]3C4CCN(CC4)[C@@H]32)cc1. The molecule has 0 spiro atoms. The summed E-state index contributed by atoms with van der Waals surface area (Å²) in [4.78, 5) is 22.0. The van der Waals surface area contributed by atoms with E-state index in [1.165, 1.54) is 37.1 Å². The summed E-state index contributed by atoms with van der Waals surface area (Å²) in [6, 6.07) is 13.3. The van der Waals surface area contributed by atoms with E-state index in [4.69, 9.17) is 4.74 Å². The van der Waals surface area contributed by atoms with Gasteiger partial charge in [-0.15, -0.1) is 0 Å². The first-order valence-corrected chi connectivity index (χ1v) is 10.3. The van der Waals surface area contributed by atoms with Gasteiger partial charge >= 0.3 is 0 Å². The zero-order chi connectivity index (χ0) is 19.1. The maximum absolute atomic E-state index is 13.1. The Morgan fingerprint density at radius 1 is 1.14 bits per heavy atom. The van der Waals surface area contributed by atoms with Gasteiger partial charge in [-0.3, -0.25) is 14.7 Å². The van der Waals surface area contributed by atoms with E-state index in [0.717, 1.165) is 6.54 Å². The van der Waals surface area contributed by atoms with Crippen molar-refractivity contribution in [2.24, 2.45) is 5.92 Å². The zero-order valence-corrected chi connectivity index (χ0v) is 16.3. The number of hydrogen-bond donors (Lipinski definition) is 0. The molecule has 2 bridgehead atoms. The fourth-order valence-electron chi connectivity index (χ4n) is 5.47. The summed E-state index contributed by atoms with van der Waals surface area (Å²) < 4.78 is 5.73. The van der Waals surface area contributed by atoms with Crippen LogP contribution in [0.25, 0.3) is 0 Å². The Balaban J connectivity index is 1.38. The fourth-order valence-corrected chi connectivity index (χ4v) is 5.47. The van der Waals surface area contributed by atoms with Crippen molar-refractivity contribution in [1.82, 2.24) is 14.8 Å². The van der Waals surface area contributed by atoms with Crippen LogP contribution in [-0.2, 0) is 4.79 Å². The van der Waals surface area contributed by atoms with Crippen LogP contribution >= 0.6 is 0 Å². The predicted octanol–water partition coefficient (Wildman–Crippen LogP) is 2.86. The lowest BCUT2D eigenvalue weighted by atomic mass is 9.75. The Bertz CT molecular complexity index is 831. The largest absolute Gasteiger partial charge is 0.482 e. The van der Waals surface area contributed by atoms with Crippen molar-refractivity contribution in [3.8, 4) is 5.75 Å². The molecule has 1 aromatic carbocycles. The average molecular weight is 377 g/mol. The number of likely N-dealkylation sites (tertiary alicyclic amines) is 1. The highest BCUT2D eigenvalue weighted by molar-refractivity contribution is 5.79. The van der Waals surface area contributed by atoms with Crippen LogP contribution in [0.1, 0.15) is 29.9 Å². The van der Waals surface area contributed by atoms with Gasteiger partial charge in [0.25, 0.3) is 5.91 Å². The topological polar surface area (TPSA) is 45.7 Å². The number of aromatic nitrogens is 1. The van der Waals surface area contributed by atoms with E-state index in [-0.39, 0.29) is 12.5 Å². The number of amides is 1. The molecule has 4 fully saturated rings. The number of carbonyl (C=O) groups is 1. The van der Waals surface area contributed by atoms with Crippen molar-refractivity contribution < 1.29 is 9.53 Å². The second-order valence-electron chi connectivity index (χ2n) is 8.40. The van der Waals surface area contributed by atoms with Gasteiger partial charge in [0, 0.05) is 24.7 Å². The maximum Gasteiger partial charge on any atom is 0.260 e. The Hall–Kier alpha value is -2.40. The molecule has 0 saturated carbocycles. The molecule has 0 unspecified atom stereocenters. The van der Waals surface area contributed by atoms with Crippen molar-refractivity contribution in [2.75, 3.05) is 26.2 Å². The average Bonchev–Trinajstić information content (AvgIpc) is 3.17. The third-order valence-corrected chi connectivity index (χ3v) is 6.82. The molecule has 0 N–H and O–H groups in total. The van der Waals surface area contributed by atoms with Crippen molar-refractivity contribution in [2.45, 2.75) is 37.8 Å². The van der Waals surface area contributed by atoms with Crippen molar-refractivity contribution in [1.29, 1.82) is 0 Å². The van der Waals surface area contributed by atoms with Crippen LogP contribution in [0.3, 0.4) is 0 Å². The van der Waals surface area contributed by atoms with E-state index in [1.54, 1.807) is 12.4 Å². The van der Waals surface area contributed by atoms with E-state index in [9.17, 15) is 4.79 Å². The van der Waals surface area contributed by atoms with Gasteiger partial charge in [-0.05, 0) is 56.5 Å². The molecule has 5 heteroatoms. The summed E-state index contributed by atoms with van der Waals surface area (Å²) >= 11 is 0. The van der Waals surface area contributed by atoms with Crippen molar-refractivity contribution in [3.63, 3.8) is 0 Å². The molecule has 5 nitrogen and oxygen atoms in total. The molecule has 6 rings (SSSR count). The second-order valence-corrected chi connectivity index (χ2v) is 8.40. The molecule has 28 heavy (non-hydrogen) atoms. The highest BCUT2D eigenvalue weighted by atomic mass is 16.5. The summed E-state index contributed by atoms with van der Waals surface area (Å²) in [6.07, 6.45) is 5.77. The molecular weight excluding hydrogens is 350 g/mol. The molecule has 5 heterocycles. The van der Waals surface area contributed by atoms with Gasteiger partial charge in [0.05, 0.1) is 12.2 Å². The number of fused-ring (bicyclic) bond motifs is 2. The van der Waals surface area contributed by atoms with Crippen LogP contribution < -0.4 is 4.74 Å². The number of rotatable bonds is 4. The van der Waals surface area contributed by atoms with Crippen LogP contribution in [0.15, 0.2) is 48.8 Å². The second kappa shape index (κ2) is 7.21. The number of piperidine rings is 3. The van der Waals surface area contributed by atoms with E-state index in [2.05, 4.69) is 46.0 Å². The highest BCUT2D eigenvalue weighted by Crippen LogP contribution is 2.46. The standard InChI is InChI=1S/C23H27N3O2/c1-16-4-6-17(7-5-16)20-14-26(21(27)15-28-19-3-2-10-24-13-19)22-18-8-11-25(12-9-18)23(20)22/h2-7,10,13,18,20,22-23H,8-9,11-12,14-15H2,1H3/t20-,22+,23+/m0/s1. The third kappa shape index (κ3) is 3.08. The number of pyridine rings is 1. The van der Waals surface area contributed by atoms with Crippen molar-refractivity contribution >= 4 is 5.91 Å². The number of ether oxygens (including phenoxy) is 1. The van der Waals surface area contributed by atoms with Gasteiger partial charge in [0.1, 0.15) is 5.75 Å². The van der Waals surface area contributed by atoms with Gasteiger partial charge < -0.3 is 9.64 Å². The first-order valence-electron chi connectivity index (χ1n) is 10.3. The monoisotopic (exact) mass is 377 g/mol. The van der Waals surface area contributed by atoms with Gasteiger partial charge in [-0.1, -0.05) is 29.8 Å².